The maximum Gasteiger partial charge on any atom is 0.262 e. The minimum absolute atomic E-state index is 0.0470. The van der Waals surface area contributed by atoms with Crippen LogP contribution in [0.25, 0.3) is 16.0 Å². The monoisotopic (exact) mass is 365 g/mol. The van der Waals surface area contributed by atoms with Gasteiger partial charge in [0.1, 0.15) is 16.6 Å². The Bertz CT molecular complexity index is 921. The van der Waals surface area contributed by atoms with Crippen LogP contribution in [0.2, 0.25) is 0 Å². The largest absolute Gasteiger partial charge is 0.345 e. The van der Waals surface area contributed by atoms with E-state index in [0.29, 0.717) is 5.69 Å². The van der Waals surface area contributed by atoms with Crippen LogP contribution in [0, 0.1) is 11.3 Å². The predicted molar refractivity (Wildman–Crippen MR) is 102 cm³/mol. The molecule has 1 amide bonds. The fourth-order valence-corrected chi connectivity index (χ4v) is 3.85. The number of rotatable bonds is 5. The van der Waals surface area contributed by atoms with Crippen molar-refractivity contribution in [1.29, 1.82) is 5.26 Å². The zero-order valence-corrected chi connectivity index (χ0v) is 15.1. The zero-order chi connectivity index (χ0) is 17.6. The van der Waals surface area contributed by atoms with Crippen LogP contribution in [0.5, 0.6) is 0 Å². The fraction of sp³-hybridized carbons (Fsp3) is 0.105. The van der Waals surface area contributed by atoms with Crippen LogP contribution in [-0.4, -0.2) is 10.9 Å². The molecule has 4 nitrogen and oxygen atoms in total. The van der Waals surface area contributed by atoms with Gasteiger partial charge < -0.3 is 5.32 Å². The number of thiazole rings is 1. The van der Waals surface area contributed by atoms with Crippen LogP contribution in [0.3, 0.4) is 0 Å². The summed E-state index contributed by atoms with van der Waals surface area (Å²) in [5, 5.41) is 16.9. The highest BCUT2D eigenvalue weighted by Crippen LogP contribution is 2.28. The molecule has 3 aromatic rings. The summed E-state index contributed by atoms with van der Waals surface area (Å²) >= 11 is 3.11. The molecule has 0 radical (unpaired) electrons. The highest BCUT2D eigenvalue weighted by atomic mass is 32.1. The van der Waals surface area contributed by atoms with Gasteiger partial charge in [0, 0.05) is 5.38 Å². The Balaban J connectivity index is 1.74. The molecule has 0 aliphatic rings. The molecule has 6 heteroatoms. The van der Waals surface area contributed by atoms with E-state index in [-0.39, 0.29) is 11.6 Å². The number of benzene rings is 1. The van der Waals surface area contributed by atoms with Gasteiger partial charge in [-0.15, -0.1) is 22.7 Å². The quantitative estimate of drug-likeness (QED) is 0.528. The Labute approximate surface area is 154 Å². The summed E-state index contributed by atoms with van der Waals surface area (Å²) in [6.07, 6.45) is 1.53. The van der Waals surface area contributed by atoms with Gasteiger partial charge in [-0.25, -0.2) is 4.98 Å². The molecule has 0 aliphatic carbocycles. The van der Waals surface area contributed by atoms with E-state index in [1.807, 2.05) is 66.2 Å². The van der Waals surface area contributed by atoms with Gasteiger partial charge in [-0.3, -0.25) is 4.79 Å². The first-order valence-electron chi connectivity index (χ1n) is 7.64. The molecule has 1 aromatic carbocycles. The van der Waals surface area contributed by atoms with Crippen molar-refractivity contribution >= 4 is 34.7 Å². The number of hydrogen-bond acceptors (Lipinski definition) is 5. The van der Waals surface area contributed by atoms with Crippen LogP contribution < -0.4 is 5.32 Å². The molecule has 0 bridgehead atoms. The number of hydrogen-bond donors (Lipinski definition) is 1. The van der Waals surface area contributed by atoms with Crippen molar-refractivity contribution in [2.45, 2.75) is 13.0 Å². The number of nitrogens with zero attached hydrogens (tertiary/aromatic N) is 2. The molecular formula is C19H15N3OS2. The van der Waals surface area contributed by atoms with Gasteiger partial charge in [-0.1, -0.05) is 36.4 Å². The van der Waals surface area contributed by atoms with Gasteiger partial charge >= 0.3 is 0 Å². The number of carbonyl (C=O) groups excluding carboxylic acids is 1. The second kappa shape index (κ2) is 7.88. The van der Waals surface area contributed by atoms with Gasteiger partial charge in [0.05, 0.1) is 16.6 Å². The highest BCUT2D eigenvalue weighted by Gasteiger charge is 2.14. The maximum absolute atomic E-state index is 12.4. The van der Waals surface area contributed by atoms with Crippen molar-refractivity contribution < 1.29 is 4.79 Å². The summed E-state index contributed by atoms with van der Waals surface area (Å²) in [6, 6.07) is 15.4. The lowest BCUT2D eigenvalue weighted by Crippen LogP contribution is -2.27. The lowest BCUT2D eigenvalue weighted by molar-refractivity contribution is -0.117. The third-order valence-electron chi connectivity index (χ3n) is 3.56. The first-order valence-corrected chi connectivity index (χ1v) is 9.40. The van der Waals surface area contributed by atoms with E-state index in [9.17, 15) is 10.1 Å². The van der Waals surface area contributed by atoms with E-state index in [0.717, 1.165) is 15.4 Å². The summed E-state index contributed by atoms with van der Waals surface area (Å²) < 4.78 is 0. The predicted octanol–water partition coefficient (Wildman–Crippen LogP) is 4.66. The van der Waals surface area contributed by atoms with Crippen molar-refractivity contribution in [1.82, 2.24) is 10.3 Å². The number of aromatic nitrogens is 1. The SMILES string of the molecule is CC(NC(=O)C(C#N)=Cc1csc(-c2cccs2)n1)c1ccccc1. The van der Waals surface area contributed by atoms with Crippen molar-refractivity contribution in [3.63, 3.8) is 0 Å². The fourth-order valence-electron chi connectivity index (χ4n) is 2.26. The average Bonchev–Trinajstić information content (AvgIpc) is 3.31. The number of amides is 1. The normalized spacial score (nSPS) is 12.4. The van der Waals surface area contributed by atoms with Gasteiger partial charge in [-0.2, -0.15) is 5.26 Å². The summed E-state index contributed by atoms with van der Waals surface area (Å²) in [7, 11) is 0. The average molecular weight is 365 g/mol. The molecule has 0 fully saturated rings. The third-order valence-corrected chi connectivity index (χ3v) is 5.46. The summed E-state index contributed by atoms with van der Waals surface area (Å²) in [5.41, 5.74) is 1.65. The van der Waals surface area contributed by atoms with Crippen LogP contribution in [0.4, 0.5) is 0 Å². The van der Waals surface area contributed by atoms with Crippen molar-refractivity contribution in [2.75, 3.05) is 0 Å². The van der Waals surface area contributed by atoms with Gasteiger partial charge in [0.2, 0.25) is 0 Å². The second-order valence-electron chi connectivity index (χ2n) is 5.33. The molecule has 1 atom stereocenters. The van der Waals surface area contributed by atoms with E-state index in [2.05, 4.69) is 10.3 Å². The topological polar surface area (TPSA) is 65.8 Å². The Morgan fingerprint density at radius 1 is 1.24 bits per heavy atom. The number of carbonyl (C=O) groups is 1. The molecule has 0 saturated carbocycles. The number of nitrogens with one attached hydrogen (secondary N) is 1. The smallest absolute Gasteiger partial charge is 0.262 e. The van der Waals surface area contributed by atoms with E-state index in [1.165, 1.54) is 17.4 Å². The van der Waals surface area contributed by atoms with Crippen LogP contribution in [0.1, 0.15) is 24.2 Å². The van der Waals surface area contributed by atoms with Gasteiger partial charge in [0.25, 0.3) is 5.91 Å². The molecule has 2 heterocycles. The van der Waals surface area contributed by atoms with E-state index >= 15 is 0 Å². The Morgan fingerprint density at radius 2 is 2.04 bits per heavy atom. The summed E-state index contributed by atoms with van der Waals surface area (Å²) in [4.78, 5) is 17.9. The van der Waals surface area contributed by atoms with Crippen LogP contribution in [0.15, 0.2) is 58.8 Å². The Morgan fingerprint density at radius 3 is 2.72 bits per heavy atom. The summed E-state index contributed by atoms with van der Waals surface area (Å²) in [5.74, 6) is -0.399. The first-order chi connectivity index (χ1) is 12.2. The zero-order valence-electron chi connectivity index (χ0n) is 13.5. The van der Waals surface area contributed by atoms with Crippen molar-refractivity contribution in [3.05, 3.63) is 70.1 Å². The molecule has 1 unspecified atom stereocenters. The molecule has 0 spiro atoms. The van der Waals surface area contributed by atoms with Gasteiger partial charge in [0.15, 0.2) is 0 Å². The standard InChI is InChI=1S/C19H15N3OS2/c1-13(14-6-3-2-4-7-14)21-18(23)15(11-20)10-16-12-25-19(22-16)17-8-5-9-24-17/h2-10,12-13H,1H3,(H,21,23). The van der Waals surface area contributed by atoms with Gasteiger partial charge in [-0.05, 0) is 30.0 Å². The first kappa shape index (κ1) is 17.1. The van der Waals surface area contributed by atoms with E-state index in [1.54, 1.807) is 11.3 Å². The van der Waals surface area contributed by atoms with E-state index < -0.39 is 5.91 Å². The summed E-state index contributed by atoms with van der Waals surface area (Å²) in [6.45, 7) is 1.89. The van der Waals surface area contributed by atoms with Crippen LogP contribution >= 0.6 is 22.7 Å². The molecule has 2 aromatic heterocycles. The van der Waals surface area contributed by atoms with E-state index in [4.69, 9.17) is 0 Å². The second-order valence-corrected chi connectivity index (χ2v) is 7.14. The molecule has 0 saturated heterocycles. The Hall–Kier alpha value is -2.75. The lowest BCUT2D eigenvalue weighted by Gasteiger charge is -2.13. The molecule has 25 heavy (non-hydrogen) atoms. The molecule has 124 valence electrons. The Kier molecular flexibility index (Phi) is 5.39. The minimum atomic E-state index is -0.399. The highest BCUT2D eigenvalue weighted by molar-refractivity contribution is 7.20. The molecule has 0 aliphatic heterocycles. The molecule has 3 rings (SSSR count). The maximum atomic E-state index is 12.4. The number of nitriles is 1. The molecule has 1 N–H and O–H groups in total. The minimum Gasteiger partial charge on any atom is -0.345 e. The molecular weight excluding hydrogens is 350 g/mol. The van der Waals surface area contributed by atoms with Crippen molar-refractivity contribution in [2.24, 2.45) is 0 Å². The van der Waals surface area contributed by atoms with Crippen molar-refractivity contribution in [3.8, 4) is 16.0 Å². The lowest BCUT2D eigenvalue weighted by atomic mass is 10.1. The number of thiophene rings is 1. The van der Waals surface area contributed by atoms with Crippen LogP contribution in [-0.2, 0) is 4.79 Å². The third kappa shape index (κ3) is 4.21.